The van der Waals surface area contributed by atoms with E-state index < -0.39 is 0 Å². The maximum Gasteiger partial charge on any atom is 0.135 e. The van der Waals surface area contributed by atoms with Crippen LogP contribution in [0.3, 0.4) is 0 Å². The van der Waals surface area contributed by atoms with Gasteiger partial charge in [-0.15, -0.1) is 0 Å². The van der Waals surface area contributed by atoms with Gasteiger partial charge in [-0.2, -0.15) is 0 Å². The van der Waals surface area contributed by atoms with Crippen LogP contribution in [0.4, 0.5) is 11.6 Å². The summed E-state index contributed by atoms with van der Waals surface area (Å²) in [6.45, 7) is 9.95. The van der Waals surface area contributed by atoms with E-state index in [-0.39, 0.29) is 0 Å². The summed E-state index contributed by atoms with van der Waals surface area (Å²) in [5.41, 5.74) is 0. The molecule has 0 aliphatic carbocycles. The van der Waals surface area contributed by atoms with Gasteiger partial charge in [0.1, 0.15) is 17.5 Å². The number of rotatable bonds is 3. The third-order valence-electron chi connectivity index (χ3n) is 3.58. The molecule has 1 saturated heterocycles. The van der Waals surface area contributed by atoms with Crippen molar-refractivity contribution in [2.24, 2.45) is 5.92 Å². The predicted octanol–water partition coefficient (Wildman–Crippen LogP) is 2.88. The Labute approximate surface area is 110 Å². The van der Waals surface area contributed by atoms with Crippen molar-refractivity contribution in [1.82, 2.24) is 9.97 Å². The zero-order chi connectivity index (χ0) is 13.3. The Balaban J connectivity index is 2.34. The monoisotopic (exact) mass is 248 g/mol. The first-order valence-corrected chi connectivity index (χ1v) is 6.84. The molecule has 1 N–H and O–H groups in total. The van der Waals surface area contributed by atoms with Crippen LogP contribution in [0.25, 0.3) is 0 Å². The van der Waals surface area contributed by atoms with Crippen LogP contribution < -0.4 is 10.2 Å². The van der Waals surface area contributed by atoms with Gasteiger partial charge in [-0.3, -0.25) is 0 Å². The molecule has 0 saturated carbocycles. The lowest BCUT2D eigenvalue weighted by atomic mass is 10.1. The molecule has 2 rings (SSSR count). The van der Waals surface area contributed by atoms with E-state index >= 15 is 0 Å². The molecule has 2 heterocycles. The first kappa shape index (κ1) is 13.1. The second-order valence-corrected chi connectivity index (χ2v) is 5.72. The van der Waals surface area contributed by atoms with Crippen molar-refractivity contribution in [3.05, 3.63) is 11.9 Å². The summed E-state index contributed by atoms with van der Waals surface area (Å²) < 4.78 is 0. The highest BCUT2D eigenvalue weighted by atomic mass is 15.2. The predicted molar refractivity (Wildman–Crippen MR) is 76.3 cm³/mol. The van der Waals surface area contributed by atoms with Gasteiger partial charge in [-0.1, -0.05) is 20.8 Å². The summed E-state index contributed by atoms with van der Waals surface area (Å²) in [4.78, 5) is 11.6. The molecule has 18 heavy (non-hydrogen) atoms. The average Bonchev–Trinajstić information content (AvgIpc) is 2.67. The first-order valence-electron chi connectivity index (χ1n) is 6.84. The molecule has 4 nitrogen and oxygen atoms in total. The molecule has 2 unspecified atom stereocenters. The van der Waals surface area contributed by atoms with Crippen LogP contribution in [-0.4, -0.2) is 29.6 Å². The van der Waals surface area contributed by atoms with Gasteiger partial charge in [0.05, 0.1) is 0 Å². The summed E-state index contributed by atoms with van der Waals surface area (Å²) in [6, 6.07) is 2.63. The fraction of sp³-hybridized carbons (Fsp3) is 0.714. The molecule has 100 valence electrons. The number of nitrogens with one attached hydrogen (secondary N) is 1. The van der Waals surface area contributed by atoms with Crippen molar-refractivity contribution < 1.29 is 0 Å². The Kier molecular flexibility index (Phi) is 3.73. The molecule has 1 aromatic rings. The summed E-state index contributed by atoms with van der Waals surface area (Å²) in [5, 5.41) is 3.13. The standard InChI is InChI=1S/C14H24N4/c1-9(2)14-16-12(15-5)7-13(17-14)18-8-10(3)6-11(18)4/h7,9-11H,6,8H2,1-5H3,(H,15,16,17). The fourth-order valence-corrected chi connectivity index (χ4v) is 2.61. The van der Waals surface area contributed by atoms with Crippen molar-refractivity contribution in [3.63, 3.8) is 0 Å². The highest BCUT2D eigenvalue weighted by Crippen LogP contribution is 2.29. The zero-order valence-electron chi connectivity index (χ0n) is 12.1. The molecule has 0 radical (unpaired) electrons. The van der Waals surface area contributed by atoms with Crippen molar-refractivity contribution in [2.45, 2.75) is 46.1 Å². The quantitative estimate of drug-likeness (QED) is 0.893. The lowest BCUT2D eigenvalue weighted by molar-refractivity contribution is 0.625. The molecule has 4 heteroatoms. The van der Waals surface area contributed by atoms with Crippen LogP contribution >= 0.6 is 0 Å². The van der Waals surface area contributed by atoms with Crippen LogP contribution in [0.15, 0.2) is 6.07 Å². The van der Waals surface area contributed by atoms with E-state index in [0.29, 0.717) is 12.0 Å². The number of nitrogens with zero attached hydrogens (tertiary/aromatic N) is 3. The van der Waals surface area contributed by atoms with Crippen molar-refractivity contribution in [1.29, 1.82) is 0 Å². The van der Waals surface area contributed by atoms with E-state index in [1.165, 1.54) is 6.42 Å². The smallest absolute Gasteiger partial charge is 0.135 e. The zero-order valence-corrected chi connectivity index (χ0v) is 12.1. The molecular formula is C14H24N4. The van der Waals surface area contributed by atoms with Gasteiger partial charge in [-0.05, 0) is 19.3 Å². The molecule has 2 atom stereocenters. The maximum absolute atomic E-state index is 4.72. The average molecular weight is 248 g/mol. The third-order valence-corrected chi connectivity index (χ3v) is 3.58. The Bertz CT molecular complexity index is 416. The molecule has 1 aromatic heterocycles. The molecule has 0 bridgehead atoms. The van der Waals surface area contributed by atoms with Crippen LogP contribution in [0.1, 0.15) is 45.9 Å². The normalized spacial score (nSPS) is 23.8. The van der Waals surface area contributed by atoms with Gasteiger partial charge >= 0.3 is 0 Å². The van der Waals surface area contributed by atoms with Crippen molar-refractivity contribution in [3.8, 4) is 0 Å². The minimum absolute atomic E-state index is 0.354. The third kappa shape index (κ3) is 2.57. The SMILES string of the molecule is CNc1cc(N2CC(C)CC2C)nc(C(C)C)n1. The maximum atomic E-state index is 4.72. The Morgan fingerprint density at radius 1 is 1.33 bits per heavy atom. The topological polar surface area (TPSA) is 41.0 Å². The van der Waals surface area contributed by atoms with Crippen LogP contribution in [0.5, 0.6) is 0 Å². The number of anilines is 2. The fourth-order valence-electron chi connectivity index (χ4n) is 2.61. The molecule has 0 aromatic carbocycles. The molecule has 1 aliphatic rings. The van der Waals surface area contributed by atoms with Gasteiger partial charge < -0.3 is 10.2 Å². The Morgan fingerprint density at radius 2 is 2.06 bits per heavy atom. The molecule has 1 aliphatic heterocycles. The van der Waals surface area contributed by atoms with E-state index in [4.69, 9.17) is 4.98 Å². The van der Waals surface area contributed by atoms with Crippen molar-refractivity contribution >= 4 is 11.6 Å². The van der Waals surface area contributed by atoms with Gasteiger partial charge in [0, 0.05) is 31.6 Å². The van der Waals surface area contributed by atoms with E-state index in [0.717, 1.165) is 29.9 Å². The van der Waals surface area contributed by atoms with Crippen LogP contribution in [0.2, 0.25) is 0 Å². The second kappa shape index (κ2) is 5.12. The Hall–Kier alpha value is -1.32. The minimum Gasteiger partial charge on any atom is -0.373 e. The van der Waals surface area contributed by atoms with Gasteiger partial charge in [0.25, 0.3) is 0 Å². The molecular weight excluding hydrogens is 224 g/mol. The van der Waals surface area contributed by atoms with E-state index in [1.54, 1.807) is 0 Å². The second-order valence-electron chi connectivity index (χ2n) is 5.72. The van der Waals surface area contributed by atoms with Crippen molar-refractivity contribution in [2.75, 3.05) is 23.8 Å². The number of aromatic nitrogens is 2. The summed E-state index contributed by atoms with van der Waals surface area (Å²) >= 11 is 0. The lowest BCUT2D eigenvalue weighted by Crippen LogP contribution is -2.28. The van der Waals surface area contributed by atoms with Gasteiger partial charge in [0.2, 0.25) is 0 Å². The Morgan fingerprint density at radius 3 is 2.56 bits per heavy atom. The first-order chi connectivity index (χ1) is 8.51. The van der Waals surface area contributed by atoms with E-state index in [1.807, 2.05) is 7.05 Å². The molecule has 0 spiro atoms. The van der Waals surface area contributed by atoms with E-state index in [2.05, 4.69) is 49.0 Å². The van der Waals surface area contributed by atoms with E-state index in [9.17, 15) is 0 Å². The molecule has 0 amide bonds. The summed E-state index contributed by atoms with van der Waals surface area (Å²) in [6.07, 6.45) is 1.25. The highest BCUT2D eigenvalue weighted by molar-refractivity contribution is 5.50. The van der Waals surface area contributed by atoms with Crippen LogP contribution in [0, 0.1) is 5.92 Å². The number of hydrogen-bond donors (Lipinski definition) is 1. The highest BCUT2D eigenvalue weighted by Gasteiger charge is 2.27. The molecule has 1 fully saturated rings. The largest absolute Gasteiger partial charge is 0.373 e. The minimum atomic E-state index is 0.354. The van der Waals surface area contributed by atoms with Crippen LogP contribution in [-0.2, 0) is 0 Å². The number of hydrogen-bond acceptors (Lipinski definition) is 4. The van der Waals surface area contributed by atoms with Gasteiger partial charge in [0.15, 0.2) is 0 Å². The summed E-state index contributed by atoms with van der Waals surface area (Å²) in [5.74, 6) is 4.00. The summed E-state index contributed by atoms with van der Waals surface area (Å²) in [7, 11) is 1.91. The van der Waals surface area contributed by atoms with Gasteiger partial charge in [-0.25, -0.2) is 9.97 Å². The lowest BCUT2D eigenvalue weighted by Gasteiger charge is -2.24.